The summed E-state index contributed by atoms with van der Waals surface area (Å²) in [5, 5.41) is 10.9. The second-order valence-electron chi connectivity index (χ2n) is 3.92. The molecule has 1 fully saturated rings. The van der Waals surface area contributed by atoms with Crippen LogP contribution < -0.4 is 16.0 Å². The van der Waals surface area contributed by atoms with Crippen LogP contribution in [-0.2, 0) is 14.3 Å². The van der Waals surface area contributed by atoms with E-state index < -0.39 is 29.8 Å². The molecule has 0 spiro atoms. The Morgan fingerprint density at radius 1 is 1.12 bits per heavy atom. The molecule has 2 unspecified atom stereocenters. The fraction of sp³-hybridized carbons (Fsp3) is 0.700. The van der Waals surface area contributed by atoms with Crippen LogP contribution in [0.25, 0.3) is 0 Å². The van der Waals surface area contributed by atoms with E-state index in [1.807, 2.05) is 5.43 Å². The van der Waals surface area contributed by atoms with E-state index in [4.69, 9.17) is 0 Å². The van der Waals surface area contributed by atoms with Gasteiger partial charge in [-0.05, 0) is 12.8 Å². The highest BCUT2D eigenvalue weighted by Crippen LogP contribution is 2.29. The number of carboxylic acids is 1. The van der Waals surface area contributed by atoms with Crippen molar-refractivity contribution < 1.29 is 24.2 Å². The SMILES string of the molecule is COC(=O)NNC(=O)C1CCCCC1C(=O)[O-]. The molecule has 7 nitrogen and oxygen atoms in total. The summed E-state index contributed by atoms with van der Waals surface area (Å²) in [4.78, 5) is 33.3. The normalized spacial score (nSPS) is 23.6. The first kappa shape index (κ1) is 13.3. The van der Waals surface area contributed by atoms with E-state index >= 15 is 0 Å². The second kappa shape index (κ2) is 6.07. The van der Waals surface area contributed by atoms with Gasteiger partial charge in [-0.25, -0.2) is 10.2 Å². The maximum absolute atomic E-state index is 11.7. The molecule has 0 saturated heterocycles. The molecule has 2 amide bonds. The minimum absolute atomic E-state index is 0.429. The zero-order chi connectivity index (χ0) is 12.8. The summed E-state index contributed by atoms with van der Waals surface area (Å²) in [6, 6.07) is 0. The minimum Gasteiger partial charge on any atom is -0.550 e. The molecule has 7 heteroatoms. The first-order valence-corrected chi connectivity index (χ1v) is 5.41. The lowest BCUT2D eigenvalue weighted by atomic mass is 9.79. The molecule has 1 rings (SSSR count). The Bertz CT molecular complexity index is 318. The molecule has 0 aromatic heterocycles. The third-order valence-corrected chi connectivity index (χ3v) is 2.88. The average molecular weight is 243 g/mol. The Balaban J connectivity index is 2.53. The quantitative estimate of drug-likeness (QED) is 0.600. The van der Waals surface area contributed by atoms with E-state index in [0.717, 1.165) is 20.0 Å². The number of hydrazine groups is 1. The number of rotatable bonds is 2. The Morgan fingerprint density at radius 2 is 1.71 bits per heavy atom. The van der Waals surface area contributed by atoms with Gasteiger partial charge in [-0.15, -0.1) is 0 Å². The van der Waals surface area contributed by atoms with Crippen molar-refractivity contribution in [2.45, 2.75) is 25.7 Å². The van der Waals surface area contributed by atoms with E-state index in [1.54, 1.807) is 0 Å². The van der Waals surface area contributed by atoms with E-state index in [0.29, 0.717) is 12.8 Å². The predicted octanol–water partition coefficient (Wildman–Crippen LogP) is -1.07. The monoisotopic (exact) mass is 243 g/mol. The van der Waals surface area contributed by atoms with Crippen molar-refractivity contribution in [3.63, 3.8) is 0 Å². The Kier molecular flexibility index (Phi) is 4.74. The van der Waals surface area contributed by atoms with Crippen molar-refractivity contribution in [3.05, 3.63) is 0 Å². The number of methoxy groups -OCH3 is 1. The van der Waals surface area contributed by atoms with Gasteiger partial charge in [0.1, 0.15) is 0 Å². The third-order valence-electron chi connectivity index (χ3n) is 2.88. The number of hydrogen-bond acceptors (Lipinski definition) is 5. The zero-order valence-electron chi connectivity index (χ0n) is 9.52. The van der Waals surface area contributed by atoms with Crippen LogP contribution >= 0.6 is 0 Å². The molecule has 2 N–H and O–H groups in total. The number of aliphatic carboxylic acids is 1. The predicted molar refractivity (Wildman–Crippen MR) is 54.1 cm³/mol. The molecule has 1 saturated carbocycles. The van der Waals surface area contributed by atoms with Crippen LogP contribution in [-0.4, -0.2) is 25.1 Å². The summed E-state index contributed by atoms with van der Waals surface area (Å²) >= 11 is 0. The first-order valence-electron chi connectivity index (χ1n) is 5.41. The van der Waals surface area contributed by atoms with Gasteiger partial charge in [-0.1, -0.05) is 12.8 Å². The molecule has 0 aromatic rings. The van der Waals surface area contributed by atoms with Crippen molar-refractivity contribution in [1.82, 2.24) is 10.9 Å². The van der Waals surface area contributed by atoms with E-state index in [2.05, 4.69) is 10.2 Å². The molecular formula is C10H15N2O5-. The summed E-state index contributed by atoms with van der Waals surface area (Å²) in [6.45, 7) is 0. The van der Waals surface area contributed by atoms with Gasteiger partial charge in [0.25, 0.3) is 0 Å². The number of nitrogens with one attached hydrogen (secondary N) is 2. The number of hydrogen-bond donors (Lipinski definition) is 2. The molecule has 0 aliphatic heterocycles. The van der Waals surface area contributed by atoms with Crippen LogP contribution in [0.3, 0.4) is 0 Å². The van der Waals surface area contributed by atoms with Crippen LogP contribution in [0.5, 0.6) is 0 Å². The minimum atomic E-state index is -1.22. The number of ether oxygens (including phenoxy) is 1. The van der Waals surface area contributed by atoms with Crippen LogP contribution in [0, 0.1) is 11.8 Å². The summed E-state index contributed by atoms with van der Waals surface area (Å²) in [6.07, 6.45) is 1.66. The Labute approximate surface area is 98.5 Å². The fourth-order valence-corrected chi connectivity index (χ4v) is 1.98. The Morgan fingerprint density at radius 3 is 2.24 bits per heavy atom. The fourth-order valence-electron chi connectivity index (χ4n) is 1.98. The lowest BCUT2D eigenvalue weighted by Gasteiger charge is -2.30. The summed E-state index contributed by atoms with van der Waals surface area (Å²) in [5.41, 5.74) is 4.15. The molecule has 0 aromatic carbocycles. The zero-order valence-corrected chi connectivity index (χ0v) is 9.52. The standard InChI is InChI=1S/C10H16N2O5/c1-17-10(16)12-11-8(13)6-4-2-3-5-7(6)9(14)15/h6-7H,2-5H2,1H3,(H,11,13)(H,12,16)(H,14,15)/p-1. The van der Waals surface area contributed by atoms with Crippen LogP contribution in [0.1, 0.15) is 25.7 Å². The average Bonchev–Trinajstić information content (AvgIpc) is 2.35. The lowest BCUT2D eigenvalue weighted by Crippen LogP contribution is -2.49. The molecule has 17 heavy (non-hydrogen) atoms. The highest BCUT2D eigenvalue weighted by Gasteiger charge is 2.31. The van der Waals surface area contributed by atoms with E-state index in [-0.39, 0.29) is 0 Å². The molecule has 2 atom stereocenters. The van der Waals surface area contributed by atoms with E-state index in [9.17, 15) is 19.5 Å². The van der Waals surface area contributed by atoms with E-state index in [1.165, 1.54) is 0 Å². The van der Waals surface area contributed by atoms with Gasteiger partial charge in [-0.2, -0.15) is 0 Å². The van der Waals surface area contributed by atoms with Gasteiger partial charge in [0.2, 0.25) is 5.91 Å². The topological polar surface area (TPSA) is 108 Å². The molecule has 0 bridgehead atoms. The van der Waals surface area contributed by atoms with Crippen molar-refractivity contribution in [3.8, 4) is 0 Å². The maximum Gasteiger partial charge on any atom is 0.425 e. The van der Waals surface area contributed by atoms with Gasteiger partial charge in [0.15, 0.2) is 0 Å². The molecule has 0 radical (unpaired) electrons. The smallest absolute Gasteiger partial charge is 0.425 e. The maximum atomic E-state index is 11.7. The molecule has 1 aliphatic carbocycles. The Hall–Kier alpha value is -1.79. The number of carbonyl (C=O) groups excluding carboxylic acids is 3. The van der Waals surface area contributed by atoms with Crippen LogP contribution in [0.4, 0.5) is 4.79 Å². The number of carbonyl (C=O) groups is 3. The van der Waals surface area contributed by atoms with Crippen LogP contribution in [0.2, 0.25) is 0 Å². The molecule has 0 heterocycles. The van der Waals surface area contributed by atoms with Gasteiger partial charge in [0, 0.05) is 17.8 Å². The summed E-state index contributed by atoms with van der Waals surface area (Å²) < 4.78 is 4.27. The highest BCUT2D eigenvalue weighted by molar-refractivity contribution is 5.85. The van der Waals surface area contributed by atoms with Crippen LogP contribution in [0.15, 0.2) is 0 Å². The van der Waals surface area contributed by atoms with Crippen molar-refractivity contribution in [2.24, 2.45) is 11.8 Å². The van der Waals surface area contributed by atoms with Crippen molar-refractivity contribution in [2.75, 3.05) is 7.11 Å². The first-order chi connectivity index (χ1) is 8.06. The van der Waals surface area contributed by atoms with Gasteiger partial charge < -0.3 is 14.6 Å². The third kappa shape index (κ3) is 3.61. The highest BCUT2D eigenvalue weighted by atomic mass is 16.5. The lowest BCUT2D eigenvalue weighted by molar-refractivity contribution is -0.314. The molecule has 1 aliphatic rings. The van der Waals surface area contributed by atoms with Gasteiger partial charge >= 0.3 is 6.09 Å². The number of carboxylic acid groups (broad SMARTS) is 1. The summed E-state index contributed by atoms with van der Waals surface area (Å²) in [7, 11) is 1.16. The summed E-state index contributed by atoms with van der Waals surface area (Å²) in [5.74, 6) is -3.19. The van der Waals surface area contributed by atoms with Crippen molar-refractivity contribution in [1.29, 1.82) is 0 Å². The van der Waals surface area contributed by atoms with Gasteiger partial charge in [-0.3, -0.25) is 10.2 Å². The largest absolute Gasteiger partial charge is 0.550 e. The van der Waals surface area contributed by atoms with Crippen molar-refractivity contribution >= 4 is 18.0 Å². The molecular weight excluding hydrogens is 228 g/mol. The van der Waals surface area contributed by atoms with Gasteiger partial charge in [0.05, 0.1) is 7.11 Å². The number of amides is 2. The second-order valence-corrected chi connectivity index (χ2v) is 3.92. The molecule has 96 valence electrons.